The molecular weight excluding hydrogens is 154 g/mol. The number of aryl methyl sites for hydroxylation is 1. The number of rotatable bonds is 3. The Morgan fingerprint density at radius 3 is 2.83 bits per heavy atom. The molecule has 1 fully saturated rings. The molecule has 0 aliphatic heterocycles. The molecule has 2 rings (SSSR count). The Morgan fingerprint density at radius 1 is 1.50 bits per heavy atom. The van der Waals surface area contributed by atoms with Crippen molar-refractivity contribution in [2.24, 2.45) is 0 Å². The van der Waals surface area contributed by atoms with Crippen LogP contribution in [0, 0.1) is 6.92 Å². The summed E-state index contributed by atoms with van der Waals surface area (Å²) in [6.07, 6.45) is 3.95. The highest BCUT2D eigenvalue weighted by atomic mass is 16.6. The fraction of sp³-hybridized carbons (Fsp3) is 0.750. The normalized spacial score (nSPS) is 17.8. The van der Waals surface area contributed by atoms with Crippen LogP contribution in [0.25, 0.3) is 0 Å². The average Bonchev–Trinajstić information content (AvgIpc) is 2.33. The van der Waals surface area contributed by atoms with Crippen molar-refractivity contribution in [1.82, 2.24) is 15.6 Å². The van der Waals surface area contributed by atoms with Crippen molar-refractivity contribution in [2.45, 2.75) is 38.8 Å². The third-order valence-electron chi connectivity index (χ3n) is 2.41. The molecule has 1 aromatic rings. The summed E-state index contributed by atoms with van der Waals surface area (Å²) in [5.74, 6) is 0. The van der Waals surface area contributed by atoms with E-state index in [0.717, 1.165) is 17.9 Å². The Kier molecular flexibility index (Phi) is 2.08. The zero-order valence-electron chi connectivity index (χ0n) is 7.21. The van der Waals surface area contributed by atoms with E-state index in [1.807, 2.05) is 6.92 Å². The summed E-state index contributed by atoms with van der Waals surface area (Å²) in [4.78, 5) is 0. The maximum absolute atomic E-state index is 4.59. The van der Waals surface area contributed by atoms with E-state index in [1.54, 1.807) is 0 Å². The van der Waals surface area contributed by atoms with Gasteiger partial charge in [0, 0.05) is 12.6 Å². The molecule has 12 heavy (non-hydrogen) atoms. The van der Waals surface area contributed by atoms with Gasteiger partial charge in [-0.25, -0.2) is 4.63 Å². The van der Waals surface area contributed by atoms with Crippen LogP contribution in [0.3, 0.4) is 0 Å². The van der Waals surface area contributed by atoms with Crippen molar-refractivity contribution in [3.05, 3.63) is 11.4 Å². The van der Waals surface area contributed by atoms with E-state index < -0.39 is 0 Å². The Labute approximate surface area is 71.3 Å². The molecule has 0 aromatic carbocycles. The van der Waals surface area contributed by atoms with Gasteiger partial charge in [0.05, 0.1) is 0 Å². The van der Waals surface area contributed by atoms with Crippen LogP contribution in [0.2, 0.25) is 0 Å². The molecular formula is C8H13N3O. The molecule has 1 saturated carbocycles. The van der Waals surface area contributed by atoms with Crippen LogP contribution in [0.1, 0.15) is 30.7 Å². The van der Waals surface area contributed by atoms with Gasteiger partial charge < -0.3 is 5.32 Å². The molecule has 0 unspecified atom stereocenters. The predicted octanol–water partition coefficient (Wildman–Crippen LogP) is 1.02. The Morgan fingerprint density at radius 2 is 2.33 bits per heavy atom. The molecule has 4 heteroatoms. The van der Waals surface area contributed by atoms with E-state index in [-0.39, 0.29) is 0 Å². The number of hydrogen-bond donors (Lipinski definition) is 1. The van der Waals surface area contributed by atoms with Gasteiger partial charge in [-0.3, -0.25) is 0 Å². The molecule has 1 aromatic heterocycles. The van der Waals surface area contributed by atoms with Gasteiger partial charge in [0.25, 0.3) is 0 Å². The van der Waals surface area contributed by atoms with Crippen molar-refractivity contribution >= 4 is 0 Å². The Balaban J connectivity index is 1.82. The SMILES string of the molecule is Cc1nonc1CNC1CCC1. The summed E-state index contributed by atoms with van der Waals surface area (Å²) in [6, 6.07) is 0.695. The first kappa shape index (κ1) is 7.73. The first-order valence-electron chi connectivity index (χ1n) is 4.37. The van der Waals surface area contributed by atoms with Crippen molar-refractivity contribution in [3.63, 3.8) is 0 Å². The van der Waals surface area contributed by atoms with Gasteiger partial charge in [0.2, 0.25) is 0 Å². The lowest BCUT2D eigenvalue weighted by Gasteiger charge is -2.25. The second kappa shape index (κ2) is 3.23. The topological polar surface area (TPSA) is 51.0 Å². The van der Waals surface area contributed by atoms with Gasteiger partial charge in [0.1, 0.15) is 11.4 Å². The molecule has 4 nitrogen and oxygen atoms in total. The van der Waals surface area contributed by atoms with E-state index >= 15 is 0 Å². The van der Waals surface area contributed by atoms with Gasteiger partial charge in [-0.1, -0.05) is 16.7 Å². The van der Waals surface area contributed by atoms with Crippen LogP contribution >= 0.6 is 0 Å². The maximum Gasteiger partial charge on any atom is 0.121 e. The van der Waals surface area contributed by atoms with Gasteiger partial charge in [-0.2, -0.15) is 0 Å². The Hall–Kier alpha value is -0.900. The highest BCUT2D eigenvalue weighted by molar-refractivity contribution is 5.04. The highest BCUT2D eigenvalue weighted by Crippen LogP contribution is 2.18. The first-order valence-corrected chi connectivity index (χ1v) is 4.37. The zero-order chi connectivity index (χ0) is 8.39. The summed E-state index contributed by atoms with van der Waals surface area (Å²) < 4.78 is 4.59. The molecule has 1 heterocycles. The highest BCUT2D eigenvalue weighted by Gasteiger charge is 2.17. The predicted molar refractivity (Wildman–Crippen MR) is 43.5 cm³/mol. The molecule has 1 aliphatic carbocycles. The molecule has 1 N–H and O–H groups in total. The summed E-state index contributed by atoms with van der Waals surface area (Å²) in [5.41, 5.74) is 1.82. The number of nitrogens with zero attached hydrogens (tertiary/aromatic N) is 2. The molecule has 0 atom stereocenters. The van der Waals surface area contributed by atoms with Gasteiger partial charge in [0.15, 0.2) is 0 Å². The number of aromatic nitrogens is 2. The summed E-state index contributed by atoms with van der Waals surface area (Å²) in [7, 11) is 0. The van der Waals surface area contributed by atoms with E-state index in [0.29, 0.717) is 6.04 Å². The lowest BCUT2D eigenvalue weighted by molar-refractivity contribution is 0.295. The minimum absolute atomic E-state index is 0.695. The van der Waals surface area contributed by atoms with Crippen molar-refractivity contribution in [1.29, 1.82) is 0 Å². The largest absolute Gasteiger partial charge is 0.308 e. The fourth-order valence-corrected chi connectivity index (χ4v) is 1.26. The minimum Gasteiger partial charge on any atom is -0.308 e. The second-order valence-corrected chi connectivity index (χ2v) is 3.31. The minimum atomic E-state index is 0.695. The average molecular weight is 167 g/mol. The molecule has 0 bridgehead atoms. The summed E-state index contributed by atoms with van der Waals surface area (Å²) in [5, 5.41) is 10.9. The quantitative estimate of drug-likeness (QED) is 0.730. The fourth-order valence-electron chi connectivity index (χ4n) is 1.26. The lowest BCUT2D eigenvalue weighted by atomic mass is 9.93. The van der Waals surface area contributed by atoms with Crippen LogP contribution in [-0.2, 0) is 6.54 Å². The number of nitrogens with one attached hydrogen (secondary N) is 1. The molecule has 0 saturated heterocycles. The molecule has 66 valence electrons. The van der Waals surface area contributed by atoms with E-state index in [4.69, 9.17) is 0 Å². The van der Waals surface area contributed by atoms with Crippen molar-refractivity contribution < 1.29 is 4.63 Å². The third kappa shape index (κ3) is 1.48. The Bertz CT molecular complexity index is 255. The van der Waals surface area contributed by atoms with E-state index in [1.165, 1.54) is 19.3 Å². The van der Waals surface area contributed by atoms with Gasteiger partial charge in [-0.05, 0) is 19.8 Å². The van der Waals surface area contributed by atoms with Crippen LogP contribution in [-0.4, -0.2) is 16.4 Å². The third-order valence-corrected chi connectivity index (χ3v) is 2.41. The van der Waals surface area contributed by atoms with Crippen LogP contribution in [0.5, 0.6) is 0 Å². The van der Waals surface area contributed by atoms with Crippen LogP contribution in [0.15, 0.2) is 4.63 Å². The molecule has 0 spiro atoms. The number of hydrogen-bond acceptors (Lipinski definition) is 4. The standard InChI is InChI=1S/C8H13N3O/c1-6-8(11-12-10-6)5-9-7-3-2-4-7/h7,9H,2-5H2,1H3. The second-order valence-electron chi connectivity index (χ2n) is 3.31. The first-order chi connectivity index (χ1) is 5.86. The van der Waals surface area contributed by atoms with Crippen molar-refractivity contribution in [2.75, 3.05) is 0 Å². The smallest absolute Gasteiger partial charge is 0.121 e. The lowest BCUT2D eigenvalue weighted by Crippen LogP contribution is -2.34. The van der Waals surface area contributed by atoms with Crippen molar-refractivity contribution in [3.8, 4) is 0 Å². The van der Waals surface area contributed by atoms with Crippen LogP contribution in [0.4, 0.5) is 0 Å². The zero-order valence-corrected chi connectivity index (χ0v) is 7.21. The summed E-state index contributed by atoms with van der Waals surface area (Å²) >= 11 is 0. The van der Waals surface area contributed by atoms with E-state index in [9.17, 15) is 0 Å². The summed E-state index contributed by atoms with van der Waals surface area (Å²) in [6.45, 7) is 2.70. The maximum atomic E-state index is 4.59. The molecule has 0 amide bonds. The van der Waals surface area contributed by atoms with Gasteiger partial charge in [-0.15, -0.1) is 0 Å². The van der Waals surface area contributed by atoms with Gasteiger partial charge >= 0.3 is 0 Å². The van der Waals surface area contributed by atoms with Crippen LogP contribution < -0.4 is 5.32 Å². The molecule has 1 aliphatic rings. The monoisotopic (exact) mass is 167 g/mol. The van der Waals surface area contributed by atoms with E-state index in [2.05, 4.69) is 20.3 Å². The molecule has 0 radical (unpaired) electrons.